The molecule has 2 aromatic carbocycles. The second-order valence-electron chi connectivity index (χ2n) is 16.2. The summed E-state index contributed by atoms with van der Waals surface area (Å²) in [6, 6.07) is 13.1. The molecule has 54 heavy (non-hydrogen) atoms. The van der Waals surface area contributed by atoms with Crippen LogP contribution in [0.25, 0.3) is 16.9 Å². The third-order valence-electron chi connectivity index (χ3n) is 12.4. The van der Waals surface area contributed by atoms with Crippen LogP contribution in [-0.2, 0) is 4.79 Å². The van der Waals surface area contributed by atoms with Gasteiger partial charge in [0.25, 0.3) is 5.91 Å². The molecule has 0 aliphatic heterocycles. The van der Waals surface area contributed by atoms with Gasteiger partial charge in [-0.15, -0.1) is 0 Å². The average Bonchev–Trinajstić information content (AvgIpc) is 3.60. The van der Waals surface area contributed by atoms with Gasteiger partial charge in [-0.25, -0.2) is 9.48 Å². The first-order chi connectivity index (χ1) is 25.9. The van der Waals surface area contributed by atoms with Crippen LogP contribution in [0.5, 0.6) is 11.5 Å². The van der Waals surface area contributed by atoms with E-state index in [1.165, 1.54) is 6.42 Å². The zero-order chi connectivity index (χ0) is 38.7. The molecule has 12 nitrogen and oxygen atoms in total. The van der Waals surface area contributed by atoms with E-state index in [0.29, 0.717) is 34.6 Å². The molecule has 3 aromatic rings. The third kappa shape index (κ3) is 7.76. The maximum absolute atomic E-state index is 14.4. The summed E-state index contributed by atoms with van der Waals surface area (Å²) < 4.78 is 13.4. The topological polar surface area (TPSA) is 141 Å². The van der Waals surface area contributed by atoms with Crippen molar-refractivity contribution < 1.29 is 29.3 Å². The third-order valence-corrected chi connectivity index (χ3v) is 12.4. The van der Waals surface area contributed by atoms with Gasteiger partial charge in [0, 0.05) is 6.54 Å². The second kappa shape index (κ2) is 16.8. The molecule has 0 radical (unpaired) electrons. The lowest BCUT2D eigenvalue weighted by atomic mass is 9.48. The number of methoxy groups -OCH3 is 2. The molecule has 12 heteroatoms. The summed E-state index contributed by atoms with van der Waals surface area (Å²) in [5.74, 6) is 0.532. The van der Waals surface area contributed by atoms with Crippen molar-refractivity contribution in [3.63, 3.8) is 0 Å². The van der Waals surface area contributed by atoms with E-state index < -0.39 is 23.6 Å². The molecule has 1 amide bonds. The van der Waals surface area contributed by atoms with E-state index >= 15 is 0 Å². The van der Waals surface area contributed by atoms with E-state index in [0.717, 1.165) is 81.5 Å². The maximum atomic E-state index is 14.4. The molecule has 0 spiro atoms. The quantitative estimate of drug-likeness (QED) is 0.0969. The van der Waals surface area contributed by atoms with Gasteiger partial charge in [0.1, 0.15) is 23.3 Å². The van der Waals surface area contributed by atoms with E-state index in [1.807, 2.05) is 55.4 Å². The number of hydrogen-bond acceptors (Lipinski definition) is 9. The molecule has 4 N–H and O–H groups in total. The highest BCUT2D eigenvalue weighted by molar-refractivity contribution is 5.98. The molecule has 4 aliphatic carbocycles. The van der Waals surface area contributed by atoms with Gasteiger partial charge in [-0.2, -0.15) is 5.10 Å². The molecule has 1 aromatic heterocycles. The number of carboxylic acid groups (broad SMARTS) is 1. The number of rotatable bonds is 18. The van der Waals surface area contributed by atoms with E-state index in [4.69, 9.17) is 14.6 Å². The number of aliphatic hydroxyl groups is 1. The monoisotopic (exact) mass is 744 g/mol. The molecule has 4 saturated carbocycles. The van der Waals surface area contributed by atoms with E-state index in [-0.39, 0.29) is 23.4 Å². The molecule has 4 fully saturated rings. The van der Waals surface area contributed by atoms with Gasteiger partial charge in [0.05, 0.1) is 31.2 Å². The number of ether oxygens (including phenoxy) is 2. The van der Waals surface area contributed by atoms with Crippen LogP contribution in [0.1, 0.15) is 92.6 Å². The highest BCUT2D eigenvalue weighted by atomic mass is 16.5. The van der Waals surface area contributed by atoms with Crippen LogP contribution >= 0.6 is 0 Å². The SMILES string of the molecule is CNCCCN(C)CCCN(C)C(O)c1ccc(-n2nc(C(=O)NC3(C(=O)O)C4CC5CC(C4)CC3C5)cc2-c2c(OC)cccc2OC)c(C(C)C)c1. The van der Waals surface area contributed by atoms with Crippen molar-refractivity contribution in [3.05, 3.63) is 59.3 Å². The van der Waals surface area contributed by atoms with Crippen LogP contribution < -0.4 is 20.1 Å². The first-order valence-corrected chi connectivity index (χ1v) is 19.6. The fraction of sp³-hybridized carbons (Fsp3) is 0.595. The van der Waals surface area contributed by atoms with Gasteiger partial charge in [-0.1, -0.05) is 26.0 Å². The standard InChI is InChI=1S/C42H60N6O6/c1-26(2)32-24-29(40(50)47(5)18-10-17-46(4)16-9-15-43-3)13-14-34(32)48-35(38-36(53-6)11-8-12-37(38)54-7)25-33(45-48)39(49)44-42(41(51)52)30-20-27-19-28(22-30)23-31(42)21-27/h8,11-14,24-28,30-31,40,43,50H,9-10,15-23H2,1-7H3,(H,44,49)(H,51,52). The minimum atomic E-state index is -1.31. The Morgan fingerprint density at radius 2 is 1.57 bits per heavy atom. The van der Waals surface area contributed by atoms with Crippen molar-refractivity contribution in [3.8, 4) is 28.4 Å². The number of aromatic nitrogens is 2. The minimum absolute atomic E-state index is 0.0286. The number of carbonyl (C=O) groups is 2. The largest absolute Gasteiger partial charge is 0.496 e. The van der Waals surface area contributed by atoms with Gasteiger partial charge in [-0.05, 0) is 157 Å². The molecule has 4 bridgehead atoms. The number of nitrogens with one attached hydrogen (secondary N) is 2. The van der Waals surface area contributed by atoms with Crippen molar-refractivity contribution in [2.45, 2.75) is 76.5 Å². The Labute approximate surface area is 320 Å². The summed E-state index contributed by atoms with van der Waals surface area (Å²) in [7, 11) is 9.21. The lowest BCUT2D eigenvalue weighted by Gasteiger charge is -2.59. The van der Waals surface area contributed by atoms with Crippen LogP contribution in [0.3, 0.4) is 0 Å². The Kier molecular flexibility index (Phi) is 12.4. The number of carboxylic acids is 1. The lowest BCUT2D eigenvalue weighted by molar-refractivity contribution is -0.163. The fourth-order valence-corrected chi connectivity index (χ4v) is 9.74. The molecule has 1 unspecified atom stereocenters. The molecular formula is C42H60N6O6. The minimum Gasteiger partial charge on any atom is -0.496 e. The first-order valence-electron chi connectivity index (χ1n) is 19.6. The summed E-state index contributed by atoms with van der Waals surface area (Å²) in [5, 5.41) is 33.5. The fourth-order valence-electron chi connectivity index (χ4n) is 9.74. The van der Waals surface area contributed by atoms with Crippen LogP contribution in [0.2, 0.25) is 0 Å². The predicted molar refractivity (Wildman–Crippen MR) is 209 cm³/mol. The molecule has 4 aliphatic rings. The summed E-state index contributed by atoms with van der Waals surface area (Å²) >= 11 is 0. The lowest BCUT2D eigenvalue weighted by Crippen LogP contribution is -2.70. The Morgan fingerprint density at radius 3 is 2.15 bits per heavy atom. The van der Waals surface area contributed by atoms with Crippen LogP contribution in [0.15, 0.2) is 42.5 Å². The molecule has 1 heterocycles. The van der Waals surface area contributed by atoms with E-state index in [9.17, 15) is 19.8 Å². The second-order valence-corrected chi connectivity index (χ2v) is 16.2. The summed E-state index contributed by atoms with van der Waals surface area (Å²) in [5.41, 5.74) is 2.40. The predicted octanol–water partition coefficient (Wildman–Crippen LogP) is 5.54. The number of carbonyl (C=O) groups excluding carboxylic acids is 1. The number of benzene rings is 2. The molecule has 294 valence electrons. The van der Waals surface area contributed by atoms with Crippen LogP contribution in [0, 0.1) is 23.7 Å². The molecule has 7 rings (SSSR count). The van der Waals surface area contributed by atoms with Crippen molar-refractivity contribution in [2.24, 2.45) is 23.7 Å². The molecule has 0 saturated heterocycles. The number of aliphatic hydroxyl groups excluding tert-OH is 1. The first kappa shape index (κ1) is 39.7. The highest BCUT2D eigenvalue weighted by Gasteiger charge is 2.62. The zero-order valence-electron chi connectivity index (χ0n) is 33.1. The Morgan fingerprint density at radius 1 is 0.944 bits per heavy atom. The summed E-state index contributed by atoms with van der Waals surface area (Å²) in [4.78, 5) is 31.8. The average molecular weight is 745 g/mol. The van der Waals surface area contributed by atoms with Crippen molar-refractivity contribution in [2.75, 3.05) is 61.5 Å². The summed E-state index contributed by atoms with van der Waals surface area (Å²) in [6.45, 7) is 7.86. The number of nitrogens with zero attached hydrogens (tertiary/aromatic N) is 4. The molecule has 1 atom stereocenters. The normalized spacial score (nSPS) is 23.7. The Balaban J connectivity index is 1.34. The highest BCUT2D eigenvalue weighted by Crippen LogP contribution is 2.58. The Hall–Kier alpha value is -3.97. The van der Waals surface area contributed by atoms with E-state index in [2.05, 4.69) is 36.4 Å². The van der Waals surface area contributed by atoms with Gasteiger partial charge in [0.2, 0.25) is 0 Å². The zero-order valence-corrected chi connectivity index (χ0v) is 33.1. The van der Waals surface area contributed by atoms with E-state index in [1.54, 1.807) is 25.0 Å². The summed E-state index contributed by atoms with van der Waals surface area (Å²) in [6.07, 6.45) is 5.69. The van der Waals surface area contributed by atoms with Crippen LogP contribution in [0.4, 0.5) is 0 Å². The van der Waals surface area contributed by atoms with Crippen molar-refractivity contribution in [1.82, 2.24) is 30.2 Å². The molecular weight excluding hydrogens is 684 g/mol. The van der Waals surface area contributed by atoms with Gasteiger partial charge in [0.15, 0.2) is 5.69 Å². The number of hydrogen-bond donors (Lipinski definition) is 4. The van der Waals surface area contributed by atoms with Gasteiger partial charge in [-0.3, -0.25) is 9.69 Å². The van der Waals surface area contributed by atoms with Crippen molar-refractivity contribution >= 4 is 11.9 Å². The number of aliphatic carboxylic acids is 1. The van der Waals surface area contributed by atoms with Crippen molar-refractivity contribution in [1.29, 1.82) is 0 Å². The maximum Gasteiger partial charge on any atom is 0.330 e. The van der Waals surface area contributed by atoms with Gasteiger partial charge >= 0.3 is 5.97 Å². The number of amides is 1. The smallest absolute Gasteiger partial charge is 0.330 e. The Bertz CT molecular complexity index is 1740. The van der Waals surface area contributed by atoms with Crippen LogP contribution in [-0.4, -0.2) is 109 Å². The van der Waals surface area contributed by atoms with Gasteiger partial charge < -0.3 is 35.2 Å².